The van der Waals surface area contributed by atoms with Gasteiger partial charge in [-0.1, -0.05) is 30.3 Å². The molecule has 3 heteroatoms. The highest BCUT2D eigenvalue weighted by Crippen LogP contribution is 2.42. The number of hydrogen-bond donors (Lipinski definition) is 0. The predicted molar refractivity (Wildman–Crippen MR) is 57.2 cm³/mol. The zero-order valence-corrected chi connectivity index (χ0v) is 8.84. The molecule has 0 aliphatic carbocycles. The topological polar surface area (TPSA) is 26.3 Å². The van der Waals surface area contributed by atoms with Gasteiger partial charge in [-0.05, 0) is 6.92 Å². The average Bonchev–Trinajstić information content (AvgIpc) is 2.69. The van der Waals surface area contributed by atoms with Crippen molar-refractivity contribution in [1.82, 2.24) is 0 Å². The van der Waals surface area contributed by atoms with E-state index in [0.29, 0.717) is 6.61 Å². The molecule has 0 radical (unpaired) electrons. The second kappa shape index (κ2) is 3.75. The Morgan fingerprint density at radius 1 is 1.43 bits per heavy atom. The second-order valence-corrected chi connectivity index (χ2v) is 4.51. The van der Waals surface area contributed by atoms with Crippen molar-refractivity contribution in [1.29, 1.82) is 0 Å². The maximum atomic E-state index is 11.6. The lowest BCUT2D eigenvalue weighted by molar-refractivity contribution is -0.130. The van der Waals surface area contributed by atoms with Crippen LogP contribution in [0.3, 0.4) is 0 Å². The number of rotatable bonds is 2. The van der Waals surface area contributed by atoms with Crippen molar-refractivity contribution in [3.8, 4) is 0 Å². The summed E-state index contributed by atoms with van der Waals surface area (Å²) >= 11 is 1.58. The number of ether oxygens (including phenoxy) is 1. The van der Waals surface area contributed by atoms with E-state index >= 15 is 0 Å². The molecule has 0 saturated carbocycles. The zero-order valence-electron chi connectivity index (χ0n) is 8.03. The molecule has 14 heavy (non-hydrogen) atoms. The Hall–Kier alpha value is -0.800. The van der Waals surface area contributed by atoms with Crippen LogP contribution in [-0.2, 0) is 14.5 Å². The molecule has 1 fully saturated rings. The number of carbonyl (C=O) groups is 1. The van der Waals surface area contributed by atoms with E-state index < -0.39 is 4.93 Å². The highest BCUT2D eigenvalue weighted by atomic mass is 32.2. The Kier molecular flexibility index (Phi) is 2.61. The number of thioether (sulfide) groups is 1. The molecule has 1 unspecified atom stereocenters. The van der Waals surface area contributed by atoms with E-state index in [0.717, 1.165) is 11.3 Å². The fraction of sp³-hybridized carbons (Fsp3) is 0.364. The van der Waals surface area contributed by atoms with Gasteiger partial charge in [0.05, 0.1) is 6.61 Å². The standard InChI is InChI=1S/C11H12O2S/c1-9(12)11(13-7-8-14-11)10-5-3-2-4-6-10/h2-6H,7-8H2,1H3. The number of ketones is 1. The first-order chi connectivity index (χ1) is 6.76. The second-order valence-electron chi connectivity index (χ2n) is 3.24. The fourth-order valence-electron chi connectivity index (χ4n) is 1.64. The van der Waals surface area contributed by atoms with Crippen LogP contribution in [0.4, 0.5) is 0 Å². The third kappa shape index (κ3) is 1.47. The van der Waals surface area contributed by atoms with Crippen LogP contribution in [-0.4, -0.2) is 18.1 Å². The van der Waals surface area contributed by atoms with Gasteiger partial charge in [-0.2, -0.15) is 0 Å². The summed E-state index contributed by atoms with van der Waals surface area (Å²) in [6, 6.07) is 9.70. The molecule has 0 amide bonds. The summed E-state index contributed by atoms with van der Waals surface area (Å²) in [5.74, 6) is 0.959. The SMILES string of the molecule is CC(=O)C1(c2ccccc2)OCCS1. The molecule has 1 saturated heterocycles. The van der Waals surface area contributed by atoms with Crippen molar-refractivity contribution in [2.24, 2.45) is 0 Å². The molecule has 0 N–H and O–H groups in total. The van der Waals surface area contributed by atoms with Crippen LogP contribution >= 0.6 is 11.8 Å². The molecule has 0 bridgehead atoms. The Labute approximate surface area is 87.6 Å². The first-order valence-electron chi connectivity index (χ1n) is 4.60. The normalized spacial score (nSPS) is 26.4. The monoisotopic (exact) mass is 208 g/mol. The summed E-state index contributed by atoms with van der Waals surface area (Å²) in [4.78, 5) is 10.9. The van der Waals surface area contributed by atoms with Crippen LogP contribution in [0.1, 0.15) is 12.5 Å². The molecule has 2 nitrogen and oxygen atoms in total. The molecule has 1 aromatic rings. The van der Waals surface area contributed by atoms with E-state index in [4.69, 9.17) is 4.74 Å². The molecule has 74 valence electrons. The molecular weight excluding hydrogens is 196 g/mol. The predicted octanol–water partition coefficient (Wildman–Crippen LogP) is 2.19. The summed E-state index contributed by atoms with van der Waals surface area (Å²) in [7, 11) is 0. The third-order valence-electron chi connectivity index (χ3n) is 2.31. The van der Waals surface area contributed by atoms with Gasteiger partial charge < -0.3 is 4.74 Å². The Morgan fingerprint density at radius 2 is 2.14 bits per heavy atom. The zero-order chi connectivity index (χ0) is 10.0. The summed E-state index contributed by atoms with van der Waals surface area (Å²) < 4.78 is 5.60. The van der Waals surface area contributed by atoms with Crippen molar-refractivity contribution in [2.75, 3.05) is 12.4 Å². The molecule has 0 aromatic heterocycles. The van der Waals surface area contributed by atoms with Gasteiger partial charge in [0.2, 0.25) is 0 Å². The molecule has 1 aromatic carbocycles. The lowest BCUT2D eigenvalue weighted by Gasteiger charge is -2.24. The third-order valence-corrected chi connectivity index (χ3v) is 3.73. The fourth-order valence-corrected chi connectivity index (χ4v) is 2.77. The highest BCUT2D eigenvalue weighted by molar-refractivity contribution is 8.01. The number of benzene rings is 1. The van der Waals surface area contributed by atoms with Gasteiger partial charge in [-0.3, -0.25) is 4.79 Å². The lowest BCUT2D eigenvalue weighted by atomic mass is 10.1. The quantitative estimate of drug-likeness (QED) is 0.745. The van der Waals surface area contributed by atoms with Crippen molar-refractivity contribution in [2.45, 2.75) is 11.9 Å². The highest BCUT2D eigenvalue weighted by Gasteiger charge is 2.42. The Bertz CT molecular complexity index is 328. The molecule has 1 atom stereocenters. The summed E-state index contributed by atoms with van der Waals surface area (Å²) in [5.41, 5.74) is 0.954. The van der Waals surface area contributed by atoms with Crippen LogP contribution in [0.5, 0.6) is 0 Å². The smallest absolute Gasteiger partial charge is 0.197 e. The van der Waals surface area contributed by atoms with E-state index in [2.05, 4.69) is 0 Å². The number of Topliss-reactive ketones (excluding diaryl/α,β-unsaturated/α-hetero) is 1. The van der Waals surface area contributed by atoms with E-state index in [-0.39, 0.29) is 5.78 Å². The Balaban J connectivity index is 2.42. The largest absolute Gasteiger partial charge is 0.352 e. The molecule has 2 rings (SSSR count). The van der Waals surface area contributed by atoms with Crippen LogP contribution < -0.4 is 0 Å². The van der Waals surface area contributed by atoms with Crippen molar-refractivity contribution < 1.29 is 9.53 Å². The van der Waals surface area contributed by atoms with Crippen molar-refractivity contribution >= 4 is 17.5 Å². The first kappa shape index (κ1) is 9.74. The summed E-state index contributed by atoms with van der Waals surface area (Å²) in [5, 5.41) is 0. The molecular formula is C11H12O2S. The van der Waals surface area contributed by atoms with E-state index in [9.17, 15) is 4.79 Å². The van der Waals surface area contributed by atoms with Crippen LogP contribution in [0.2, 0.25) is 0 Å². The maximum Gasteiger partial charge on any atom is 0.197 e. The van der Waals surface area contributed by atoms with Gasteiger partial charge in [0.25, 0.3) is 0 Å². The maximum absolute atomic E-state index is 11.6. The van der Waals surface area contributed by atoms with Gasteiger partial charge in [0.15, 0.2) is 10.7 Å². The Morgan fingerprint density at radius 3 is 2.64 bits per heavy atom. The van der Waals surface area contributed by atoms with Crippen LogP contribution in [0, 0.1) is 0 Å². The number of hydrogen-bond acceptors (Lipinski definition) is 3. The van der Waals surface area contributed by atoms with Gasteiger partial charge >= 0.3 is 0 Å². The molecule has 1 heterocycles. The minimum absolute atomic E-state index is 0.0752. The van der Waals surface area contributed by atoms with Crippen LogP contribution in [0.25, 0.3) is 0 Å². The number of carbonyl (C=O) groups excluding carboxylic acids is 1. The van der Waals surface area contributed by atoms with Gasteiger partial charge in [-0.15, -0.1) is 11.8 Å². The molecule has 0 spiro atoms. The van der Waals surface area contributed by atoms with Gasteiger partial charge in [-0.25, -0.2) is 0 Å². The van der Waals surface area contributed by atoms with E-state index in [1.165, 1.54) is 0 Å². The molecule has 1 aliphatic heterocycles. The first-order valence-corrected chi connectivity index (χ1v) is 5.59. The van der Waals surface area contributed by atoms with E-state index in [1.807, 2.05) is 30.3 Å². The van der Waals surface area contributed by atoms with Crippen molar-refractivity contribution in [3.05, 3.63) is 35.9 Å². The van der Waals surface area contributed by atoms with E-state index in [1.54, 1.807) is 18.7 Å². The minimum Gasteiger partial charge on any atom is -0.352 e. The summed E-state index contributed by atoms with van der Waals surface area (Å²) in [6.07, 6.45) is 0. The molecule has 1 aliphatic rings. The van der Waals surface area contributed by atoms with Gasteiger partial charge in [0, 0.05) is 11.3 Å². The van der Waals surface area contributed by atoms with Crippen LogP contribution in [0.15, 0.2) is 30.3 Å². The average molecular weight is 208 g/mol. The van der Waals surface area contributed by atoms with Gasteiger partial charge in [0.1, 0.15) is 0 Å². The van der Waals surface area contributed by atoms with Crippen molar-refractivity contribution in [3.63, 3.8) is 0 Å². The lowest BCUT2D eigenvalue weighted by Crippen LogP contribution is -2.29. The minimum atomic E-state index is -0.735. The summed E-state index contributed by atoms with van der Waals surface area (Å²) in [6.45, 7) is 2.24.